The molecule has 2 rings (SSSR count). The van der Waals surface area contributed by atoms with E-state index in [1.165, 1.54) is 0 Å². The second kappa shape index (κ2) is 4.95. The maximum Gasteiger partial charge on any atom is 0.272 e. The Morgan fingerprint density at radius 3 is 3.00 bits per heavy atom. The SMILES string of the molecule is CC1CN(C(=O)c2ccccn2)CC/C1=N\O. The van der Waals surface area contributed by atoms with Gasteiger partial charge in [0.15, 0.2) is 0 Å². The van der Waals surface area contributed by atoms with Crippen molar-refractivity contribution in [3.63, 3.8) is 0 Å². The van der Waals surface area contributed by atoms with Gasteiger partial charge in [-0.05, 0) is 12.1 Å². The Kier molecular flexibility index (Phi) is 3.37. The average Bonchev–Trinajstić information content (AvgIpc) is 2.39. The minimum Gasteiger partial charge on any atom is -0.411 e. The molecule has 1 atom stereocenters. The number of oxime groups is 1. The van der Waals surface area contributed by atoms with Crippen LogP contribution in [-0.4, -0.2) is 39.8 Å². The number of likely N-dealkylation sites (tertiary alicyclic amines) is 1. The van der Waals surface area contributed by atoms with Crippen LogP contribution in [0.25, 0.3) is 0 Å². The first-order valence-electron chi connectivity index (χ1n) is 5.63. The topological polar surface area (TPSA) is 65.8 Å². The van der Waals surface area contributed by atoms with Crippen molar-refractivity contribution in [2.45, 2.75) is 13.3 Å². The maximum atomic E-state index is 12.1. The lowest BCUT2D eigenvalue weighted by Gasteiger charge is -2.31. The van der Waals surface area contributed by atoms with Crippen LogP contribution in [0.3, 0.4) is 0 Å². The first kappa shape index (κ1) is 11.6. The fraction of sp³-hybridized carbons (Fsp3) is 0.417. The summed E-state index contributed by atoms with van der Waals surface area (Å²) in [5.41, 5.74) is 1.22. The van der Waals surface area contributed by atoms with Crippen molar-refractivity contribution in [3.8, 4) is 0 Å². The fourth-order valence-electron chi connectivity index (χ4n) is 2.01. The van der Waals surface area contributed by atoms with Crippen molar-refractivity contribution in [1.82, 2.24) is 9.88 Å². The molecule has 1 aromatic heterocycles. The zero-order valence-electron chi connectivity index (χ0n) is 9.71. The highest BCUT2D eigenvalue weighted by atomic mass is 16.4. The predicted molar refractivity (Wildman–Crippen MR) is 63.1 cm³/mol. The second-order valence-corrected chi connectivity index (χ2v) is 4.21. The molecule has 0 aliphatic carbocycles. The Labute approximate surface area is 99.8 Å². The molecular formula is C12H15N3O2. The number of carbonyl (C=O) groups excluding carboxylic acids is 1. The molecule has 1 unspecified atom stereocenters. The number of amides is 1. The van der Waals surface area contributed by atoms with E-state index < -0.39 is 0 Å². The van der Waals surface area contributed by atoms with Crippen LogP contribution in [-0.2, 0) is 0 Å². The monoisotopic (exact) mass is 233 g/mol. The highest BCUT2D eigenvalue weighted by Crippen LogP contribution is 2.15. The molecule has 90 valence electrons. The molecule has 1 aliphatic heterocycles. The zero-order valence-corrected chi connectivity index (χ0v) is 9.71. The van der Waals surface area contributed by atoms with E-state index in [-0.39, 0.29) is 11.8 Å². The third-order valence-electron chi connectivity index (χ3n) is 3.00. The van der Waals surface area contributed by atoms with E-state index >= 15 is 0 Å². The number of piperidine rings is 1. The van der Waals surface area contributed by atoms with Crippen LogP contribution in [0.1, 0.15) is 23.8 Å². The summed E-state index contributed by atoms with van der Waals surface area (Å²) in [6, 6.07) is 5.29. The molecule has 0 saturated carbocycles. The molecule has 1 fully saturated rings. The van der Waals surface area contributed by atoms with Gasteiger partial charge in [0.05, 0.1) is 5.71 Å². The number of hydrogen-bond acceptors (Lipinski definition) is 4. The smallest absolute Gasteiger partial charge is 0.272 e. The molecule has 1 aliphatic rings. The number of pyridine rings is 1. The summed E-state index contributed by atoms with van der Waals surface area (Å²) in [6.45, 7) is 3.11. The first-order valence-corrected chi connectivity index (χ1v) is 5.63. The van der Waals surface area contributed by atoms with Gasteiger partial charge >= 0.3 is 0 Å². The third-order valence-corrected chi connectivity index (χ3v) is 3.00. The van der Waals surface area contributed by atoms with Gasteiger partial charge in [0.25, 0.3) is 5.91 Å². The molecule has 0 radical (unpaired) electrons. The summed E-state index contributed by atoms with van der Waals surface area (Å²) in [4.78, 5) is 17.9. The van der Waals surface area contributed by atoms with E-state index in [2.05, 4.69) is 10.1 Å². The Morgan fingerprint density at radius 1 is 1.59 bits per heavy atom. The Balaban J connectivity index is 2.08. The van der Waals surface area contributed by atoms with E-state index in [9.17, 15) is 4.79 Å². The molecule has 0 bridgehead atoms. The van der Waals surface area contributed by atoms with Crippen molar-refractivity contribution >= 4 is 11.6 Å². The van der Waals surface area contributed by atoms with Crippen LogP contribution in [0.4, 0.5) is 0 Å². The van der Waals surface area contributed by atoms with Crippen molar-refractivity contribution in [3.05, 3.63) is 30.1 Å². The van der Waals surface area contributed by atoms with E-state index in [0.717, 1.165) is 5.71 Å². The summed E-state index contributed by atoms with van der Waals surface area (Å²) in [7, 11) is 0. The number of nitrogens with zero attached hydrogens (tertiary/aromatic N) is 3. The van der Waals surface area contributed by atoms with E-state index in [4.69, 9.17) is 5.21 Å². The Morgan fingerprint density at radius 2 is 2.41 bits per heavy atom. The molecule has 1 aromatic rings. The van der Waals surface area contributed by atoms with Crippen LogP contribution < -0.4 is 0 Å². The summed E-state index contributed by atoms with van der Waals surface area (Å²) in [5.74, 6) is 0.0378. The maximum absolute atomic E-state index is 12.1. The number of carbonyl (C=O) groups is 1. The second-order valence-electron chi connectivity index (χ2n) is 4.21. The Hall–Kier alpha value is -1.91. The largest absolute Gasteiger partial charge is 0.411 e. The highest BCUT2D eigenvalue weighted by Gasteiger charge is 2.26. The first-order chi connectivity index (χ1) is 8.22. The van der Waals surface area contributed by atoms with Gasteiger partial charge in [-0.2, -0.15) is 0 Å². The van der Waals surface area contributed by atoms with Gasteiger partial charge < -0.3 is 10.1 Å². The van der Waals surface area contributed by atoms with E-state index in [1.54, 1.807) is 29.3 Å². The number of rotatable bonds is 1. The molecule has 0 aromatic carbocycles. The molecule has 17 heavy (non-hydrogen) atoms. The van der Waals surface area contributed by atoms with Gasteiger partial charge in [0.1, 0.15) is 5.69 Å². The van der Waals surface area contributed by atoms with Gasteiger partial charge in [-0.25, -0.2) is 0 Å². The van der Waals surface area contributed by atoms with Crippen molar-refractivity contribution in [2.75, 3.05) is 13.1 Å². The van der Waals surface area contributed by atoms with E-state index in [0.29, 0.717) is 25.2 Å². The van der Waals surface area contributed by atoms with Gasteiger partial charge in [-0.1, -0.05) is 18.1 Å². The molecule has 5 nitrogen and oxygen atoms in total. The molecule has 1 amide bonds. The summed E-state index contributed by atoms with van der Waals surface area (Å²) < 4.78 is 0. The standard InChI is InChI=1S/C12H15N3O2/c1-9-8-15(7-5-10(9)14-17)12(16)11-4-2-3-6-13-11/h2-4,6,9,17H,5,7-8H2,1H3/b14-10+. The molecular weight excluding hydrogens is 218 g/mol. The van der Waals surface area contributed by atoms with Crippen LogP contribution in [0.5, 0.6) is 0 Å². The molecule has 0 spiro atoms. The van der Waals surface area contributed by atoms with Crippen molar-refractivity contribution in [1.29, 1.82) is 0 Å². The van der Waals surface area contributed by atoms with E-state index in [1.807, 2.05) is 6.92 Å². The van der Waals surface area contributed by atoms with Crippen molar-refractivity contribution in [2.24, 2.45) is 11.1 Å². The van der Waals surface area contributed by atoms with Gasteiger partial charge in [-0.3, -0.25) is 9.78 Å². The predicted octanol–water partition coefficient (Wildman–Crippen LogP) is 1.39. The van der Waals surface area contributed by atoms with Gasteiger partial charge in [0.2, 0.25) is 0 Å². The number of aromatic nitrogens is 1. The minimum atomic E-state index is -0.0607. The zero-order chi connectivity index (χ0) is 12.3. The molecule has 5 heteroatoms. The van der Waals surface area contributed by atoms with Crippen LogP contribution in [0.15, 0.2) is 29.6 Å². The molecule has 1 N–H and O–H groups in total. The fourth-order valence-corrected chi connectivity index (χ4v) is 2.01. The minimum absolute atomic E-state index is 0.0607. The summed E-state index contributed by atoms with van der Waals surface area (Å²) in [6.07, 6.45) is 2.23. The quantitative estimate of drug-likeness (QED) is 0.589. The third kappa shape index (κ3) is 2.43. The molecule has 1 saturated heterocycles. The average molecular weight is 233 g/mol. The van der Waals surface area contributed by atoms with Crippen LogP contribution in [0.2, 0.25) is 0 Å². The Bertz CT molecular complexity index is 431. The lowest BCUT2D eigenvalue weighted by atomic mass is 9.97. The van der Waals surface area contributed by atoms with Crippen LogP contribution >= 0.6 is 0 Å². The normalized spacial score (nSPS) is 22.8. The lowest BCUT2D eigenvalue weighted by molar-refractivity contribution is 0.0728. The van der Waals surface area contributed by atoms with Gasteiger partial charge in [-0.15, -0.1) is 0 Å². The highest BCUT2D eigenvalue weighted by molar-refractivity contribution is 5.94. The number of hydrogen-bond donors (Lipinski definition) is 1. The van der Waals surface area contributed by atoms with Crippen LogP contribution in [0, 0.1) is 5.92 Å². The summed E-state index contributed by atoms with van der Waals surface area (Å²) >= 11 is 0. The molecule has 2 heterocycles. The lowest BCUT2D eigenvalue weighted by Crippen LogP contribution is -2.43. The van der Waals surface area contributed by atoms with Gasteiger partial charge in [0, 0.05) is 31.6 Å². The van der Waals surface area contributed by atoms with Crippen molar-refractivity contribution < 1.29 is 10.0 Å². The summed E-state index contributed by atoms with van der Waals surface area (Å²) in [5, 5.41) is 12.0.